The van der Waals surface area contributed by atoms with Gasteiger partial charge < -0.3 is 10.2 Å². The number of hydrogen-bond acceptors (Lipinski definition) is 6. The summed E-state index contributed by atoms with van der Waals surface area (Å²) in [6.45, 7) is 2.70. The molecule has 0 aromatic heterocycles. The Morgan fingerprint density at radius 2 is 2.12 bits per heavy atom. The normalized spacial score (nSPS) is 22.3. The maximum absolute atomic E-state index is 12.5. The van der Waals surface area contributed by atoms with E-state index < -0.39 is 22.0 Å². The Morgan fingerprint density at radius 1 is 1.40 bits per heavy atom. The van der Waals surface area contributed by atoms with Gasteiger partial charge in [-0.1, -0.05) is 19.1 Å². The van der Waals surface area contributed by atoms with E-state index in [9.17, 15) is 23.4 Å². The largest absolute Gasteiger partial charge is 0.390 e. The average molecular weight is 377 g/mol. The number of ketones is 1. The highest BCUT2D eigenvalue weighted by Crippen LogP contribution is 2.19. The summed E-state index contributed by atoms with van der Waals surface area (Å²) < 4.78 is 30.8. The summed E-state index contributed by atoms with van der Waals surface area (Å²) in [6.07, 6.45) is 5.45. The van der Waals surface area contributed by atoms with E-state index in [4.69, 9.17) is 4.55 Å². The van der Waals surface area contributed by atoms with Crippen LogP contribution in [0.25, 0.3) is 0 Å². The lowest BCUT2D eigenvalue weighted by molar-refractivity contribution is -0.837. The number of amidine groups is 1. The van der Waals surface area contributed by atoms with Crippen LogP contribution in [0.3, 0.4) is 0 Å². The van der Waals surface area contributed by atoms with Gasteiger partial charge in [0.1, 0.15) is 31.5 Å². The predicted octanol–water partition coefficient (Wildman–Crippen LogP) is 0.162. The number of hydrogen-bond donors (Lipinski definition) is 3. The Hall–Kier alpha value is -1.13. The van der Waals surface area contributed by atoms with Crippen LogP contribution in [-0.2, 0) is 14.9 Å². The molecule has 1 aliphatic heterocycles. The number of carbonyl (C=O) groups is 1. The number of nitrogens with zero attached hydrogens (tertiary/aromatic N) is 2. The molecular weight excluding hydrogens is 348 g/mol. The fourth-order valence-electron chi connectivity index (χ4n) is 3.11. The van der Waals surface area contributed by atoms with Crippen LogP contribution >= 0.6 is 0 Å². The molecule has 0 saturated carbocycles. The number of allylic oxidation sites excluding steroid dienone is 2. The molecular formula is C16H29N2O6S+. The Balaban J connectivity index is 2.78. The first-order valence-corrected chi connectivity index (χ1v) is 10.2. The van der Waals surface area contributed by atoms with Crippen LogP contribution in [0.1, 0.15) is 32.6 Å². The highest BCUT2D eigenvalue weighted by atomic mass is 32.2. The number of aliphatic hydroxyl groups excluding tert-OH is 2. The van der Waals surface area contributed by atoms with Crippen LogP contribution in [0.15, 0.2) is 17.1 Å². The monoisotopic (exact) mass is 377 g/mol. The van der Waals surface area contributed by atoms with E-state index >= 15 is 0 Å². The predicted molar refractivity (Wildman–Crippen MR) is 95.0 cm³/mol. The van der Waals surface area contributed by atoms with E-state index in [0.717, 1.165) is 12.8 Å². The third-order valence-corrected chi connectivity index (χ3v) is 4.96. The van der Waals surface area contributed by atoms with E-state index in [-0.39, 0.29) is 35.8 Å². The molecule has 8 nitrogen and oxygen atoms in total. The van der Waals surface area contributed by atoms with Gasteiger partial charge in [-0.05, 0) is 19.3 Å². The van der Waals surface area contributed by atoms with Crippen LogP contribution in [0.4, 0.5) is 0 Å². The van der Waals surface area contributed by atoms with Gasteiger partial charge >= 0.3 is 0 Å². The minimum atomic E-state index is -4.32. The molecule has 0 fully saturated rings. The van der Waals surface area contributed by atoms with Crippen molar-refractivity contribution >= 4 is 21.7 Å². The first-order chi connectivity index (χ1) is 11.7. The lowest BCUT2D eigenvalue weighted by atomic mass is 10.1. The number of aliphatic imine (C=N–C) groups is 1. The molecule has 0 saturated heterocycles. The number of rotatable bonds is 12. The standard InChI is InChI=1S/C16H28N2O6S/c1-2-3-4-5-6-7-15(21)16-17-8-9-18(16,10-11-19)12-14(20)13-25(22,23)24/h3-4,14,19-20H,2,5-13H2,1H3/p+1/b4-3+. The SMILES string of the molecule is CC/C=C/CCCC(=O)C1=NCC[N+]1(CCO)CC(O)CS(=O)(=O)O. The fourth-order valence-corrected chi connectivity index (χ4v) is 3.70. The molecule has 0 amide bonds. The van der Waals surface area contributed by atoms with Gasteiger partial charge in [0.15, 0.2) is 0 Å². The van der Waals surface area contributed by atoms with Gasteiger partial charge in [-0.15, -0.1) is 0 Å². The topological polar surface area (TPSA) is 124 Å². The van der Waals surface area contributed by atoms with Gasteiger partial charge in [0.25, 0.3) is 16.0 Å². The van der Waals surface area contributed by atoms with Crippen LogP contribution in [-0.4, -0.2) is 83.9 Å². The summed E-state index contributed by atoms with van der Waals surface area (Å²) in [4.78, 5) is 16.8. The van der Waals surface area contributed by atoms with Crippen molar-refractivity contribution in [2.24, 2.45) is 4.99 Å². The second-order valence-corrected chi connectivity index (χ2v) is 7.80. The smallest absolute Gasteiger partial charge is 0.267 e. The lowest BCUT2D eigenvalue weighted by Crippen LogP contribution is -2.59. The van der Waals surface area contributed by atoms with Gasteiger partial charge in [-0.25, -0.2) is 4.99 Å². The van der Waals surface area contributed by atoms with E-state index in [0.29, 0.717) is 25.9 Å². The van der Waals surface area contributed by atoms with E-state index in [1.165, 1.54) is 0 Å². The summed E-state index contributed by atoms with van der Waals surface area (Å²) in [7, 11) is -4.32. The van der Waals surface area contributed by atoms with Crippen LogP contribution in [0.2, 0.25) is 0 Å². The third-order valence-electron chi connectivity index (χ3n) is 4.16. The molecule has 25 heavy (non-hydrogen) atoms. The molecule has 1 aliphatic rings. The van der Waals surface area contributed by atoms with Crippen molar-refractivity contribution in [2.45, 2.75) is 38.7 Å². The Bertz CT molecular complexity index is 602. The van der Waals surface area contributed by atoms with Crippen LogP contribution < -0.4 is 0 Å². The number of aliphatic hydroxyl groups is 2. The molecule has 0 aliphatic carbocycles. The van der Waals surface area contributed by atoms with Crippen molar-refractivity contribution in [2.75, 3.05) is 38.5 Å². The summed E-state index contributed by atoms with van der Waals surface area (Å²) in [5.41, 5.74) is 0. The Morgan fingerprint density at radius 3 is 2.72 bits per heavy atom. The number of unbranched alkanes of at least 4 members (excludes halogenated alkanes) is 1. The zero-order valence-electron chi connectivity index (χ0n) is 14.7. The number of Topliss-reactive ketones (excluding diaryl/α,β-unsaturated/α-hetero) is 1. The molecule has 0 aromatic carbocycles. The molecule has 0 bridgehead atoms. The summed E-state index contributed by atoms with van der Waals surface area (Å²) in [6, 6.07) is 0. The minimum absolute atomic E-state index is 0.0448. The molecule has 2 atom stereocenters. The van der Waals surface area contributed by atoms with Crippen molar-refractivity contribution in [3.05, 3.63) is 12.2 Å². The molecule has 3 N–H and O–H groups in total. The molecule has 2 unspecified atom stereocenters. The molecule has 0 aromatic rings. The zero-order chi connectivity index (χ0) is 18.9. The first-order valence-electron chi connectivity index (χ1n) is 8.57. The highest BCUT2D eigenvalue weighted by molar-refractivity contribution is 7.85. The molecule has 1 rings (SSSR count). The quantitative estimate of drug-likeness (QED) is 0.193. The van der Waals surface area contributed by atoms with Crippen molar-refractivity contribution in [3.8, 4) is 0 Å². The van der Waals surface area contributed by atoms with E-state index in [1.54, 1.807) is 0 Å². The van der Waals surface area contributed by atoms with Crippen LogP contribution in [0.5, 0.6) is 0 Å². The van der Waals surface area contributed by atoms with E-state index in [2.05, 4.69) is 4.99 Å². The molecule has 144 valence electrons. The maximum atomic E-state index is 12.5. The maximum Gasteiger partial charge on any atom is 0.267 e. The van der Waals surface area contributed by atoms with Crippen molar-refractivity contribution in [1.82, 2.24) is 0 Å². The first kappa shape index (κ1) is 21.9. The zero-order valence-corrected chi connectivity index (χ0v) is 15.5. The van der Waals surface area contributed by atoms with Crippen molar-refractivity contribution < 1.29 is 32.5 Å². The van der Waals surface area contributed by atoms with E-state index in [1.807, 2.05) is 19.1 Å². The second-order valence-electron chi connectivity index (χ2n) is 6.30. The Kier molecular flexibility index (Phi) is 8.87. The molecule has 1 heterocycles. The van der Waals surface area contributed by atoms with Gasteiger partial charge in [-0.3, -0.25) is 13.8 Å². The van der Waals surface area contributed by atoms with Gasteiger partial charge in [-0.2, -0.15) is 8.42 Å². The number of carbonyl (C=O) groups excluding carboxylic acids is 1. The van der Waals surface area contributed by atoms with Gasteiger partial charge in [0.2, 0.25) is 5.78 Å². The summed E-state index contributed by atoms with van der Waals surface area (Å²) in [5, 5.41) is 19.4. The molecule has 0 radical (unpaired) electrons. The minimum Gasteiger partial charge on any atom is -0.390 e. The van der Waals surface area contributed by atoms with Crippen LogP contribution in [0, 0.1) is 0 Å². The molecule has 9 heteroatoms. The average Bonchev–Trinajstić information content (AvgIpc) is 2.88. The lowest BCUT2D eigenvalue weighted by Gasteiger charge is -2.34. The number of quaternary nitrogens is 1. The summed E-state index contributed by atoms with van der Waals surface area (Å²) >= 11 is 0. The second kappa shape index (κ2) is 10.1. The summed E-state index contributed by atoms with van der Waals surface area (Å²) in [5.74, 6) is -0.667. The highest BCUT2D eigenvalue weighted by Gasteiger charge is 2.43. The Labute approximate surface area is 149 Å². The van der Waals surface area contributed by atoms with Crippen molar-refractivity contribution in [1.29, 1.82) is 0 Å². The van der Waals surface area contributed by atoms with Gasteiger partial charge in [0, 0.05) is 6.42 Å². The molecule has 0 spiro atoms. The van der Waals surface area contributed by atoms with Crippen molar-refractivity contribution in [3.63, 3.8) is 0 Å². The third kappa shape index (κ3) is 7.33. The fraction of sp³-hybridized carbons (Fsp3) is 0.750. The van der Waals surface area contributed by atoms with Gasteiger partial charge in [0.05, 0.1) is 13.2 Å².